The van der Waals surface area contributed by atoms with Crippen LogP contribution in [-0.4, -0.2) is 25.2 Å². The second kappa shape index (κ2) is 4.78. The van der Waals surface area contributed by atoms with E-state index in [0.717, 1.165) is 0 Å². The number of amides is 1. The first-order chi connectivity index (χ1) is 5.60. The highest BCUT2D eigenvalue weighted by Gasteiger charge is 2.30. The fourth-order valence-electron chi connectivity index (χ4n) is 0.716. The van der Waals surface area contributed by atoms with E-state index in [4.69, 9.17) is 11.2 Å². The molecule has 0 aliphatic carbocycles. The van der Waals surface area contributed by atoms with Gasteiger partial charge in [0, 0.05) is 7.11 Å². The number of terminal acetylenes is 1. The van der Waals surface area contributed by atoms with Crippen LogP contribution >= 0.6 is 0 Å². The van der Waals surface area contributed by atoms with E-state index in [2.05, 4.69) is 11.2 Å². The minimum Gasteiger partial charge on any atom is -0.369 e. The van der Waals surface area contributed by atoms with Crippen LogP contribution in [0.15, 0.2) is 0 Å². The fraction of sp³-hybridized carbons (Fsp3) is 0.667. The first-order valence-corrected chi connectivity index (χ1v) is 3.87. The number of hydrogen-bond donors (Lipinski definition) is 1. The van der Waals surface area contributed by atoms with Crippen LogP contribution in [0.4, 0.5) is 0 Å². The Labute approximate surface area is 73.5 Å². The quantitative estimate of drug-likeness (QED) is 0.624. The molecule has 0 saturated heterocycles. The zero-order valence-corrected chi connectivity index (χ0v) is 7.81. The first-order valence-electron chi connectivity index (χ1n) is 3.87. The maximum absolute atomic E-state index is 11.4. The van der Waals surface area contributed by atoms with Gasteiger partial charge in [0.25, 0.3) is 5.91 Å². The third-order valence-electron chi connectivity index (χ3n) is 1.96. The molecule has 3 nitrogen and oxygen atoms in total. The highest BCUT2D eigenvalue weighted by Crippen LogP contribution is 2.13. The van der Waals surface area contributed by atoms with Crippen molar-refractivity contribution in [2.45, 2.75) is 25.9 Å². The van der Waals surface area contributed by atoms with E-state index in [9.17, 15) is 4.79 Å². The molecule has 1 N–H and O–H groups in total. The lowest BCUT2D eigenvalue weighted by Gasteiger charge is -2.24. The minimum atomic E-state index is -0.753. The summed E-state index contributed by atoms with van der Waals surface area (Å²) < 4.78 is 5.07. The molecule has 0 spiro atoms. The molecule has 0 bridgehead atoms. The van der Waals surface area contributed by atoms with E-state index in [-0.39, 0.29) is 12.5 Å². The lowest BCUT2D eigenvalue weighted by molar-refractivity contribution is -0.141. The summed E-state index contributed by atoms with van der Waals surface area (Å²) in [4.78, 5) is 11.4. The van der Waals surface area contributed by atoms with E-state index in [1.54, 1.807) is 6.92 Å². The number of rotatable bonds is 4. The van der Waals surface area contributed by atoms with Gasteiger partial charge in [0.1, 0.15) is 5.60 Å². The number of methoxy groups -OCH3 is 1. The van der Waals surface area contributed by atoms with Gasteiger partial charge in [-0.05, 0) is 13.3 Å². The van der Waals surface area contributed by atoms with Gasteiger partial charge in [0.15, 0.2) is 0 Å². The Kier molecular flexibility index (Phi) is 4.38. The summed E-state index contributed by atoms with van der Waals surface area (Å²) in [6, 6.07) is 0. The molecule has 0 rings (SSSR count). The molecule has 1 amide bonds. The van der Waals surface area contributed by atoms with Gasteiger partial charge in [0.2, 0.25) is 0 Å². The van der Waals surface area contributed by atoms with E-state index < -0.39 is 5.60 Å². The Morgan fingerprint density at radius 3 is 2.67 bits per heavy atom. The summed E-state index contributed by atoms with van der Waals surface area (Å²) in [5, 5.41) is 2.57. The number of carbonyl (C=O) groups is 1. The van der Waals surface area contributed by atoms with Crippen molar-refractivity contribution in [3.05, 3.63) is 0 Å². The number of carbonyl (C=O) groups excluding carboxylic acids is 1. The van der Waals surface area contributed by atoms with Crippen LogP contribution in [0, 0.1) is 12.3 Å². The third-order valence-corrected chi connectivity index (χ3v) is 1.96. The van der Waals surface area contributed by atoms with Crippen molar-refractivity contribution in [2.75, 3.05) is 13.7 Å². The average molecular weight is 169 g/mol. The maximum Gasteiger partial charge on any atom is 0.252 e. The first kappa shape index (κ1) is 11.0. The second-order valence-corrected chi connectivity index (χ2v) is 2.68. The molecule has 1 atom stereocenters. The molecule has 3 heteroatoms. The normalized spacial score (nSPS) is 14.5. The summed E-state index contributed by atoms with van der Waals surface area (Å²) in [6.07, 6.45) is 5.62. The van der Waals surface area contributed by atoms with Crippen molar-refractivity contribution < 1.29 is 9.53 Å². The molecule has 0 aliphatic rings. The van der Waals surface area contributed by atoms with E-state index in [1.165, 1.54) is 7.11 Å². The van der Waals surface area contributed by atoms with Gasteiger partial charge < -0.3 is 10.1 Å². The topological polar surface area (TPSA) is 38.3 Å². The fourth-order valence-corrected chi connectivity index (χ4v) is 0.716. The van der Waals surface area contributed by atoms with Crippen LogP contribution < -0.4 is 5.32 Å². The molecule has 0 aromatic carbocycles. The van der Waals surface area contributed by atoms with Crippen molar-refractivity contribution in [1.29, 1.82) is 0 Å². The summed E-state index contributed by atoms with van der Waals surface area (Å²) in [6.45, 7) is 3.87. The van der Waals surface area contributed by atoms with Crippen molar-refractivity contribution in [3.8, 4) is 12.3 Å². The van der Waals surface area contributed by atoms with Crippen LogP contribution in [0.5, 0.6) is 0 Å². The Hall–Kier alpha value is -1.01. The van der Waals surface area contributed by atoms with Gasteiger partial charge in [-0.2, -0.15) is 0 Å². The Morgan fingerprint density at radius 2 is 2.33 bits per heavy atom. The summed E-state index contributed by atoms with van der Waals surface area (Å²) in [5.74, 6) is 2.17. The zero-order valence-electron chi connectivity index (χ0n) is 7.81. The lowest BCUT2D eigenvalue weighted by Crippen LogP contribution is -2.45. The molecule has 68 valence electrons. The van der Waals surface area contributed by atoms with Crippen molar-refractivity contribution in [3.63, 3.8) is 0 Å². The molecule has 0 fully saturated rings. The van der Waals surface area contributed by atoms with Crippen LogP contribution in [0.2, 0.25) is 0 Å². The minimum absolute atomic E-state index is 0.162. The molecule has 12 heavy (non-hydrogen) atoms. The average Bonchev–Trinajstić information content (AvgIpc) is 2.12. The van der Waals surface area contributed by atoms with Gasteiger partial charge in [-0.3, -0.25) is 4.79 Å². The molecule has 0 saturated carbocycles. The van der Waals surface area contributed by atoms with Crippen LogP contribution in [0.3, 0.4) is 0 Å². The number of ether oxygens (including phenoxy) is 1. The van der Waals surface area contributed by atoms with Gasteiger partial charge in [0.05, 0.1) is 6.54 Å². The molecular formula is C9H15NO2. The highest BCUT2D eigenvalue weighted by atomic mass is 16.5. The van der Waals surface area contributed by atoms with Gasteiger partial charge in [-0.15, -0.1) is 6.42 Å². The van der Waals surface area contributed by atoms with Gasteiger partial charge >= 0.3 is 0 Å². The van der Waals surface area contributed by atoms with Gasteiger partial charge in [-0.25, -0.2) is 0 Å². The molecule has 0 aliphatic heterocycles. The molecule has 1 unspecified atom stereocenters. The van der Waals surface area contributed by atoms with Gasteiger partial charge in [-0.1, -0.05) is 12.8 Å². The molecule has 0 aromatic heterocycles. The molecular weight excluding hydrogens is 154 g/mol. The predicted octanol–water partition coefficient (Wildman–Crippen LogP) is 0.551. The Balaban J connectivity index is 4.14. The van der Waals surface area contributed by atoms with Crippen LogP contribution in [0.1, 0.15) is 20.3 Å². The predicted molar refractivity (Wildman–Crippen MR) is 47.5 cm³/mol. The summed E-state index contributed by atoms with van der Waals surface area (Å²) in [5.41, 5.74) is -0.753. The summed E-state index contributed by atoms with van der Waals surface area (Å²) >= 11 is 0. The SMILES string of the molecule is C#CCNC(=O)C(C)(CC)OC. The maximum atomic E-state index is 11.4. The monoisotopic (exact) mass is 169 g/mol. The Morgan fingerprint density at radius 1 is 1.75 bits per heavy atom. The number of hydrogen-bond acceptors (Lipinski definition) is 2. The third kappa shape index (κ3) is 2.55. The van der Waals surface area contributed by atoms with Crippen LogP contribution in [-0.2, 0) is 9.53 Å². The molecule has 0 heterocycles. The smallest absolute Gasteiger partial charge is 0.252 e. The van der Waals surface area contributed by atoms with E-state index in [1.807, 2.05) is 6.92 Å². The standard InChI is InChI=1S/C9H15NO2/c1-5-7-10-8(11)9(3,6-2)12-4/h1H,6-7H2,2-4H3,(H,10,11). The summed E-state index contributed by atoms with van der Waals surface area (Å²) in [7, 11) is 1.51. The molecule has 0 aromatic rings. The van der Waals surface area contributed by atoms with Crippen molar-refractivity contribution >= 4 is 5.91 Å². The highest BCUT2D eigenvalue weighted by molar-refractivity contribution is 5.84. The Bertz CT molecular complexity index is 189. The van der Waals surface area contributed by atoms with E-state index in [0.29, 0.717) is 6.42 Å². The van der Waals surface area contributed by atoms with Crippen molar-refractivity contribution in [2.24, 2.45) is 0 Å². The zero-order chi connectivity index (χ0) is 9.61. The van der Waals surface area contributed by atoms with E-state index >= 15 is 0 Å². The van der Waals surface area contributed by atoms with Crippen LogP contribution in [0.25, 0.3) is 0 Å². The van der Waals surface area contributed by atoms with Crippen molar-refractivity contribution in [1.82, 2.24) is 5.32 Å². The largest absolute Gasteiger partial charge is 0.369 e. The molecule has 0 radical (unpaired) electrons. The number of nitrogens with one attached hydrogen (secondary N) is 1. The second-order valence-electron chi connectivity index (χ2n) is 2.68. The lowest BCUT2D eigenvalue weighted by atomic mass is 10.0.